The van der Waals surface area contributed by atoms with Crippen molar-refractivity contribution in [3.63, 3.8) is 0 Å². The highest BCUT2D eigenvalue weighted by atomic mass is 32.2. The van der Waals surface area contributed by atoms with E-state index in [1.54, 1.807) is 7.11 Å². The molecule has 1 amide bonds. The number of nitrogens with zero attached hydrogens (tertiary/aromatic N) is 2. The van der Waals surface area contributed by atoms with Gasteiger partial charge in [-0.2, -0.15) is 4.99 Å². The third-order valence-electron chi connectivity index (χ3n) is 5.32. The third-order valence-corrected chi connectivity index (χ3v) is 8.53. The van der Waals surface area contributed by atoms with Gasteiger partial charge in [0.2, 0.25) is 5.91 Å². The summed E-state index contributed by atoms with van der Waals surface area (Å²) in [5.41, 5.74) is 1.99. The van der Waals surface area contributed by atoms with Crippen molar-refractivity contribution in [3.05, 3.63) is 60.2 Å². The van der Waals surface area contributed by atoms with Crippen LogP contribution in [-0.4, -0.2) is 49.4 Å². The molecule has 6 nitrogen and oxygen atoms in total. The summed E-state index contributed by atoms with van der Waals surface area (Å²) in [4.78, 5) is 18.8. The fraction of sp³-hybridized carbons (Fsp3) is 0.364. The molecular formula is C22H24N2O4S2. The quantitative estimate of drug-likeness (QED) is 0.680. The van der Waals surface area contributed by atoms with Gasteiger partial charge in [-0.25, -0.2) is 8.42 Å². The molecule has 158 valence electrons. The van der Waals surface area contributed by atoms with E-state index in [4.69, 9.17) is 4.74 Å². The molecule has 2 aromatic rings. The number of methoxy groups -OCH3 is 1. The van der Waals surface area contributed by atoms with Crippen molar-refractivity contribution in [1.29, 1.82) is 0 Å². The number of fused-ring (bicyclic) bond motifs is 1. The van der Waals surface area contributed by atoms with Crippen molar-refractivity contribution in [3.8, 4) is 5.75 Å². The summed E-state index contributed by atoms with van der Waals surface area (Å²) in [5, 5.41) is 0.468. The number of carbonyl (C=O) groups is 1. The molecule has 30 heavy (non-hydrogen) atoms. The highest BCUT2D eigenvalue weighted by Gasteiger charge is 2.49. The molecule has 2 saturated heterocycles. The van der Waals surface area contributed by atoms with Crippen LogP contribution >= 0.6 is 11.8 Å². The summed E-state index contributed by atoms with van der Waals surface area (Å²) in [6, 6.07) is 17.3. The van der Waals surface area contributed by atoms with Gasteiger partial charge in [-0.15, -0.1) is 0 Å². The minimum absolute atomic E-state index is 0.0725. The number of hydrogen-bond acceptors (Lipinski definition) is 5. The van der Waals surface area contributed by atoms with Crippen LogP contribution in [0.15, 0.2) is 59.6 Å². The molecule has 0 aliphatic carbocycles. The van der Waals surface area contributed by atoms with Gasteiger partial charge in [0.15, 0.2) is 15.0 Å². The molecule has 2 heterocycles. The van der Waals surface area contributed by atoms with Crippen molar-refractivity contribution in [1.82, 2.24) is 0 Å². The van der Waals surface area contributed by atoms with Crippen LogP contribution in [0, 0.1) is 0 Å². The lowest BCUT2D eigenvalue weighted by Crippen LogP contribution is -2.37. The van der Waals surface area contributed by atoms with Gasteiger partial charge in [0.05, 0.1) is 24.7 Å². The van der Waals surface area contributed by atoms with Gasteiger partial charge < -0.3 is 9.64 Å². The first kappa shape index (κ1) is 20.9. The van der Waals surface area contributed by atoms with Crippen LogP contribution in [0.1, 0.15) is 18.4 Å². The number of amidine groups is 1. The Morgan fingerprint density at radius 3 is 2.73 bits per heavy atom. The highest BCUT2D eigenvalue weighted by molar-refractivity contribution is 8.16. The minimum Gasteiger partial charge on any atom is -0.497 e. The molecule has 2 aromatic carbocycles. The molecule has 2 aliphatic rings. The van der Waals surface area contributed by atoms with Gasteiger partial charge in [-0.1, -0.05) is 48.2 Å². The van der Waals surface area contributed by atoms with E-state index < -0.39 is 9.84 Å². The molecule has 2 atom stereocenters. The van der Waals surface area contributed by atoms with E-state index in [2.05, 4.69) is 17.1 Å². The first-order valence-electron chi connectivity index (χ1n) is 9.91. The average Bonchev–Trinajstić information content (AvgIpc) is 3.19. The lowest BCUT2D eigenvalue weighted by molar-refractivity contribution is -0.117. The smallest absolute Gasteiger partial charge is 0.248 e. The summed E-state index contributed by atoms with van der Waals surface area (Å²) in [7, 11) is -1.50. The lowest BCUT2D eigenvalue weighted by Gasteiger charge is -2.24. The largest absolute Gasteiger partial charge is 0.497 e. The monoisotopic (exact) mass is 444 g/mol. The summed E-state index contributed by atoms with van der Waals surface area (Å²) in [6.07, 6.45) is 1.91. The number of rotatable bonds is 6. The average molecular weight is 445 g/mol. The minimum atomic E-state index is -3.09. The standard InChI is InChI=1S/C22H24N2O4S2/c1-28-18-11-6-10-17(13-18)24-19-14-30(26,27)15-20(19)29-22(24)23-21(25)12-5-9-16-7-3-2-4-8-16/h2-4,6-8,10-11,13,19-20H,5,9,12,14-15H2,1H3/t19-,20+/m0/s1. The Morgan fingerprint density at radius 2 is 1.97 bits per heavy atom. The molecule has 0 spiro atoms. The van der Waals surface area contributed by atoms with Gasteiger partial charge in [0.25, 0.3) is 0 Å². The third kappa shape index (κ3) is 4.70. The first-order valence-corrected chi connectivity index (χ1v) is 12.6. The van der Waals surface area contributed by atoms with Crippen LogP contribution in [0.4, 0.5) is 5.69 Å². The van der Waals surface area contributed by atoms with E-state index in [1.165, 1.54) is 17.3 Å². The Kier molecular flexibility index (Phi) is 6.15. The van der Waals surface area contributed by atoms with E-state index in [0.29, 0.717) is 17.3 Å². The molecule has 8 heteroatoms. The number of ether oxygens (including phenoxy) is 1. The number of aliphatic imine (C=N–C) groups is 1. The summed E-state index contributed by atoms with van der Waals surface area (Å²) in [5.74, 6) is 0.687. The maximum absolute atomic E-state index is 12.6. The Balaban J connectivity index is 1.52. The number of amides is 1. The SMILES string of the molecule is COc1cccc(N2C(=NC(=O)CCCc3ccccc3)S[C@@H]3CS(=O)(=O)C[C@@H]32)c1. The number of hydrogen-bond donors (Lipinski definition) is 0. The van der Waals surface area contributed by atoms with E-state index in [9.17, 15) is 13.2 Å². The topological polar surface area (TPSA) is 76.0 Å². The van der Waals surface area contributed by atoms with Crippen molar-refractivity contribution >= 4 is 38.4 Å². The molecule has 4 rings (SSSR count). The summed E-state index contributed by atoms with van der Waals surface area (Å²) < 4.78 is 29.7. The van der Waals surface area contributed by atoms with Gasteiger partial charge in [-0.05, 0) is 30.5 Å². The van der Waals surface area contributed by atoms with Crippen LogP contribution in [0.2, 0.25) is 0 Å². The first-order chi connectivity index (χ1) is 14.4. The summed E-state index contributed by atoms with van der Waals surface area (Å²) >= 11 is 1.39. The van der Waals surface area contributed by atoms with E-state index in [-0.39, 0.29) is 28.7 Å². The molecule has 0 bridgehead atoms. The zero-order valence-corrected chi connectivity index (χ0v) is 18.4. The number of aryl methyl sites for hydroxylation is 1. The zero-order chi connectivity index (χ0) is 21.1. The second kappa shape index (κ2) is 8.81. The van der Waals surface area contributed by atoms with Crippen LogP contribution in [0.5, 0.6) is 5.75 Å². The van der Waals surface area contributed by atoms with Gasteiger partial charge in [-0.3, -0.25) is 4.79 Å². The van der Waals surface area contributed by atoms with Crippen LogP contribution in [0.3, 0.4) is 0 Å². The fourth-order valence-corrected chi connectivity index (χ4v) is 7.81. The van der Waals surface area contributed by atoms with Gasteiger partial charge in [0.1, 0.15) is 5.75 Å². The molecular weight excluding hydrogens is 420 g/mol. The van der Waals surface area contributed by atoms with Crippen molar-refractivity contribution in [2.45, 2.75) is 30.6 Å². The number of anilines is 1. The van der Waals surface area contributed by atoms with Crippen LogP contribution in [-0.2, 0) is 21.1 Å². The Hall–Kier alpha value is -2.32. The second-order valence-electron chi connectivity index (χ2n) is 7.50. The number of carbonyl (C=O) groups excluding carboxylic acids is 1. The zero-order valence-electron chi connectivity index (χ0n) is 16.7. The second-order valence-corrected chi connectivity index (χ2v) is 10.9. The molecule has 2 fully saturated rings. The molecule has 0 unspecified atom stereocenters. The van der Waals surface area contributed by atoms with Gasteiger partial charge in [0, 0.05) is 23.4 Å². The maximum Gasteiger partial charge on any atom is 0.248 e. The Bertz CT molecular complexity index is 1050. The number of benzene rings is 2. The van der Waals surface area contributed by atoms with Crippen LogP contribution in [0.25, 0.3) is 0 Å². The van der Waals surface area contributed by atoms with E-state index >= 15 is 0 Å². The van der Waals surface area contributed by atoms with E-state index in [1.807, 2.05) is 47.4 Å². The van der Waals surface area contributed by atoms with Crippen molar-refractivity contribution in [2.75, 3.05) is 23.5 Å². The lowest BCUT2D eigenvalue weighted by atomic mass is 10.1. The fourth-order valence-electron chi connectivity index (χ4n) is 3.88. The van der Waals surface area contributed by atoms with Crippen LogP contribution < -0.4 is 9.64 Å². The summed E-state index contributed by atoms with van der Waals surface area (Å²) in [6.45, 7) is 0. The van der Waals surface area contributed by atoms with Gasteiger partial charge >= 0.3 is 0 Å². The van der Waals surface area contributed by atoms with Crippen molar-refractivity contribution < 1.29 is 17.9 Å². The predicted octanol–water partition coefficient (Wildman–Crippen LogP) is 3.32. The molecule has 0 aromatic heterocycles. The molecule has 2 aliphatic heterocycles. The maximum atomic E-state index is 12.6. The molecule has 0 saturated carbocycles. The highest BCUT2D eigenvalue weighted by Crippen LogP contribution is 2.41. The van der Waals surface area contributed by atoms with Crippen molar-refractivity contribution in [2.24, 2.45) is 4.99 Å². The Morgan fingerprint density at radius 1 is 1.17 bits per heavy atom. The Labute approximate surface area is 181 Å². The molecule has 0 radical (unpaired) electrons. The molecule has 0 N–H and O–H groups in total. The normalized spacial score (nSPS) is 23.5. The number of sulfone groups is 1. The predicted molar refractivity (Wildman–Crippen MR) is 121 cm³/mol. The number of thioether (sulfide) groups is 1. The van der Waals surface area contributed by atoms with E-state index in [0.717, 1.165) is 18.5 Å².